The first-order valence-corrected chi connectivity index (χ1v) is 10.00. The number of carbonyl (C=O) groups excluding carboxylic acids is 2. The van der Waals surface area contributed by atoms with Crippen LogP contribution in [0.5, 0.6) is 0 Å². The molecule has 3 aromatic heterocycles. The molecule has 0 radical (unpaired) electrons. The predicted molar refractivity (Wildman–Crippen MR) is 121 cm³/mol. The maximum atomic E-state index is 12.8. The molecule has 1 aliphatic heterocycles. The van der Waals surface area contributed by atoms with E-state index in [-0.39, 0.29) is 46.9 Å². The Balaban J connectivity index is 1.60. The van der Waals surface area contributed by atoms with Crippen LogP contribution in [-0.2, 0) is 18.4 Å². The van der Waals surface area contributed by atoms with Gasteiger partial charge in [-0.05, 0) is 18.9 Å². The lowest BCUT2D eigenvalue weighted by Crippen LogP contribution is -2.23. The number of amides is 2. The quantitative estimate of drug-likeness (QED) is 0.559. The minimum absolute atomic E-state index is 0.0402. The lowest BCUT2D eigenvalue weighted by Gasteiger charge is -2.28. The van der Waals surface area contributed by atoms with Crippen molar-refractivity contribution >= 4 is 34.8 Å². The van der Waals surface area contributed by atoms with Gasteiger partial charge >= 0.3 is 0 Å². The second-order valence-corrected chi connectivity index (χ2v) is 7.78. The van der Waals surface area contributed by atoms with Crippen LogP contribution in [0, 0.1) is 5.92 Å². The van der Waals surface area contributed by atoms with Gasteiger partial charge < -0.3 is 20.9 Å². The van der Waals surface area contributed by atoms with Gasteiger partial charge in [-0.15, -0.1) is 0 Å². The molecule has 1 saturated carbocycles. The average molecular weight is 439 g/mol. The highest BCUT2D eigenvalue weighted by molar-refractivity contribution is 6.02. The first-order valence-electron chi connectivity index (χ1n) is 13.0. The van der Waals surface area contributed by atoms with Crippen LogP contribution in [0.15, 0.2) is 30.7 Å². The Morgan fingerprint density at radius 2 is 2.16 bits per heavy atom. The Morgan fingerprint density at radius 1 is 1.28 bits per heavy atom. The minimum Gasteiger partial charge on any atom is -0.367 e. The SMILES string of the molecule is [2H]C([2H])([2H])NC(=O)c1cnc(NC(=O)C2CC2)cc1Nc1nccc2c1N(C([2H])([2H])[2H])Cc1cn(C)nc1-2. The molecule has 32 heavy (non-hydrogen) atoms. The predicted octanol–water partition coefficient (Wildman–Crippen LogP) is 2.28. The smallest absolute Gasteiger partial charge is 0.254 e. The van der Waals surface area contributed by atoms with E-state index >= 15 is 0 Å². The summed E-state index contributed by atoms with van der Waals surface area (Å²) in [5.74, 6) is -1.02. The van der Waals surface area contributed by atoms with Gasteiger partial charge in [0.05, 0.1) is 22.6 Å². The summed E-state index contributed by atoms with van der Waals surface area (Å²) < 4.78 is 48.2. The van der Waals surface area contributed by atoms with Crippen LogP contribution in [0.25, 0.3) is 11.3 Å². The molecule has 3 N–H and O–H groups in total. The number of fused-ring (bicyclic) bond motifs is 3. The van der Waals surface area contributed by atoms with E-state index in [1.807, 2.05) is 5.32 Å². The zero-order valence-corrected chi connectivity index (χ0v) is 17.1. The lowest BCUT2D eigenvalue weighted by atomic mass is 10.0. The van der Waals surface area contributed by atoms with Gasteiger partial charge in [0.2, 0.25) is 5.91 Å². The van der Waals surface area contributed by atoms with Crippen LogP contribution in [0.2, 0.25) is 0 Å². The van der Waals surface area contributed by atoms with Crippen LogP contribution in [0.1, 0.15) is 37.0 Å². The van der Waals surface area contributed by atoms with Crippen molar-refractivity contribution in [3.8, 4) is 11.3 Å². The van der Waals surface area contributed by atoms with Crippen molar-refractivity contribution in [2.24, 2.45) is 13.0 Å². The van der Waals surface area contributed by atoms with E-state index in [9.17, 15) is 9.59 Å². The van der Waals surface area contributed by atoms with E-state index in [0.29, 0.717) is 11.3 Å². The molecule has 2 aliphatic rings. The Hall–Kier alpha value is -3.95. The normalized spacial score (nSPS) is 18.0. The molecule has 0 spiro atoms. The number of aryl methyl sites for hydroxylation is 1. The van der Waals surface area contributed by atoms with Crippen LogP contribution in [-0.4, -0.2) is 45.5 Å². The summed E-state index contributed by atoms with van der Waals surface area (Å²) in [6.45, 7) is -5.26. The van der Waals surface area contributed by atoms with Crippen molar-refractivity contribution in [2.75, 3.05) is 29.5 Å². The number of rotatable bonds is 5. The molecular weight excluding hydrogens is 408 g/mol. The van der Waals surface area contributed by atoms with Crippen molar-refractivity contribution in [1.82, 2.24) is 25.1 Å². The number of carbonyl (C=O) groups is 2. The minimum atomic E-state index is -2.76. The molecule has 1 aliphatic carbocycles. The second-order valence-electron chi connectivity index (χ2n) is 7.78. The molecule has 10 nitrogen and oxygen atoms in total. The third-order valence-electron chi connectivity index (χ3n) is 5.40. The van der Waals surface area contributed by atoms with Gasteiger partial charge in [-0.25, -0.2) is 9.97 Å². The molecule has 164 valence electrons. The molecule has 0 bridgehead atoms. The van der Waals surface area contributed by atoms with Crippen LogP contribution >= 0.6 is 0 Å². The number of hydrogen-bond acceptors (Lipinski definition) is 7. The first kappa shape index (κ1) is 14.2. The van der Waals surface area contributed by atoms with Gasteiger partial charge in [-0.2, -0.15) is 5.10 Å². The van der Waals surface area contributed by atoms with Crippen LogP contribution in [0.4, 0.5) is 23.0 Å². The largest absolute Gasteiger partial charge is 0.367 e. The zero-order valence-electron chi connectivity index (χ0n) is 23.1. The van der Waals surface area contributed by atoms with Crippen molar-refractivity contribution in [3.05, 3.63) is 41.9 Å². The molecule has 0 atom stereocenters. The molecular formula is C22H24N8O2. The maximum absolute atomic E-state index is 12.8. The second kappa shape index (κ2) is 7.63. The monoisotopic (exact) mass is 438 g/mol. The van der Waals surface area contributed by atoms with Gasteiger partial charge in [0.25, 0.3) is 5.91 Å². The van der Waals surface area contributed by atoms with Crippen LogP contribution < -0.4 is 20.9 Å². The number of anilines is 4. The number of aromatic nitrogens is 4. The summed E-state index contributed by atoms with van der Waals surface area (Å²) in [6.07, 6.45) is 5.91. The summed E-state index contributed by atoms with van der Waals surface area (Å²) >= 11 is 0. The van der Waals surface area contributed by atoms with Crippen molar-refractivity contribution in [1.29, 1.82) is 0 Å². The van der Waals surface area contributed by atoms with E-state index in [2.05, 4.69) is 25.7 Å². The van der Waals surface area contributed by atoms with E-state index in [1.165, 1.54) is 17.2 Å². The summed E-state index contributed by atoms with van der Waals surface area (Å²) in [5.41, 5.74) is 2.01. The summed E-state index contributed by atoms with van der Waals surface area (Å²) in [6, 6.07) is 3.03. The van der Waals surface area contributed by atoms with Gasteiger partial charge in [-0.3, -0.25) is 14.3 Å². The molecule has 5 rings (SSSR count). The lowest BCUT2D eigenvalue weighted by molar-refractivity contribution is -0.117. The Labute approximate surface area is 193 Å². The van der Waals surface area contributed by atoms with Gasteiger partial charge in [-0.1, -0.05) is 0 Å². The topological polar surface area (TPSA) is 117 Å². The van der Waals surface area contributed by atoms with Gasteiger partial charge in [0, 0.05) is 77.5 Å². The fraction of sp³-hybridized carbons (Fsp3) is 0.318. The highest BCUT2D eigenvalue weighted by Gasteiger charge is 2.30. The summed E-state index contributed by atoms with van der Waals surface area (Å²) in [4.78, 5) is 34.8. The molecule has 3 aromatic rings. The summed E-state index contributed by atoms with van der Waals surface area (Å²) in [7, 11) is 1.74. The summed E-state index contributed by atoms with van der Waals surface area (Å²) in [5, 5.41) is 12.1. The first-order chi connectivity index (χ1) is 17.8. The fourth-order valence-corrected chi connectivity index (χ4v) is 3.72. The molecule has 4 heterocycles. The Morgan fingerprint density at radius 3 is 2.94 bits per heavy atom. The third-order valence-corrected chi connectivity index (χ3v) is 5.40. The molecule has 0 unspecified atom stereocenters. The maximum Gasteiger partial charge on any atom is 0.254 e. The number of nitrogens with zero attached hydrogens (tertiary/aromatic N) is 5. The molecule has 2 amide bonds. The number of nitrogens with one attached hydrogen (secondary N) is 3. The Kier molecular flexibility index (Phi) is 3.38. The van der Waals surface area contributed by atoms with Crippen LogP contribution in [0.3, 0.4) is 0 Å². The zero-order chi connectivity index (χ0) is 27.4. The van der Waals surface area contributed by atoms with E-state index in [1.54, 1.807) is 24.0 Å². The Bertz CT molecular complexity index is 1430. The average Bonchev–Trinajstić information content (AvgIpc) is 3.58. The van der Waals surface area contributed by atoms with Gasteiger partial charge in [0.1, 0.15) is 5.82 Å². The number of hydrogen-bond donors (Lipinski definition) is 3. The highest BCUT2D eigenvalue weighted by Crippen LogP contribution is 2.42. The third kappa shape index (κ3) is 3.53. The van der Waals surface area contributed by atoms with Crippen molar-refractivity contribution < 1.29 is 17.8 Å². The molecule has 1 fully saturated rings. The fourth-order valence-electron chi connectivity index (χ4n) is 3.72. The van der Waals surface area contributed by atoms with E-state index in [0.717, 1.165) is 24.6 Å². The number of pyridine rings is 2. The molecule has 0 saturated heterocycles. The van der Waals surface area contributed by atoms with Gasteiger partial charge in [0.15, 0.2) is 5.82 Å². The van der Waals surface area contributed by atoms with Crippen molar-refractivity contribution in [2.45, 2.75) is 19.4 Å². The molecule has 10 heteroatoms. The van der Waals surface area contributed by atoms with E-state index in [4.69, 9.17) is 8.22 Å². The van der Waals surface area contributed by atoms with Crippen molar-refractivity contribution in [3.63, 3.8) is 0 Å². The molecule has 0 aromatic carbocycles. The van der Waals surface area contributed by atoms with E-state index < -0.39 is 19.9 Å². The standard InChI is InChI=1S/C22H24N8O2/c1-23-22(32)15-9-25-17(27-21(31)12-4-5-12)8-16(15)26-20-19-14(6-7-24-20)18-13(10-29(19)2)11-30(3)28-18/h6-9,11-12H,4-5,10H2,1-3H3,(H,23,32)(H2,24,25,26,27,31)/i1D3,2D3. The highest BCUT2D eigenvalue weighted by atomic mass is 16.2.